The first-order valence-corrected chi connectivity index (χ1v) is 10.6. The molecule has 2 aromatic heterocycles. The van der Waals surface area contributed by atoms with Crippen LogP contribution < -0.4 is 9.47 Å². The summed E-state index contributed by atoms with van der Waals surface area (Å²) in [6, 6.07) is 9.19. The van der Waals surface area contributed by atoms with E-state index in [4.69, 9.17) is 14.0 Å². The monoisotopic (exact) mass is 464 g/mol. The molecule has 0 aliphatic carbocycles. The van der Waals surface area contributed by atoms with Crippen LogP contribution in [0.25, 0.3) is 17.1 Å². The summed E-state index contributed by atoms with van der Waals surface area (Å²) in [7, 11) is 2.91. The number of amides is 1. The number of likely N-dealkylation sites (tertiary alicyclic amines) is 1. The zero-order valence-corrected chi connectivity index (χ0v) is 18.5. The molecule has 0 bridgehead atoms. The van der Waals surface area contributed by atoms with Gasteiger partial charge in [0.15, 0.2) is 11.6 Å². The van der Waals surface area contributed by atoms with Crippen molar-refractivity contribution in [1.29, 1.82) is 0 Å². The van der Waals surface area contributed by atoms with Crippen molar-refractivity contribution < 1.29 is 23.2 Å². The number of rotatable bonds is 6. The Kier molecular flexibility index (Phi) is 5.66. The summed E-state index contributed by atoms with van der Waals surface area (Å²) < 4.78 is 30.1. The van der Waals surface area contributed by atoms with Gasteiger partial charge in [-0.3, -0.25) is 4.79 Å². The lowest BCUT2D eigenvalue weighted by Gasteiger charge is -2.23. The Morgan fingerprint density at radius 2 is 1.97 bits per heavy atom. The van der Waals surface area contributed by atoms with Crippen molar-refractivity contribution in [2.24, 2.45) is 0 Å². The van der Waals surface area contributed by atoms with Crippen LogP contribution in [-0.4, -0.2) is 56.7 Å². The van der Waals surface area contributed by atoms with E-state index in [0.29, 0.717) is 35.5 Å². The van der Waals surface area contributed by atoms with Gasteiger partial charge in [-0.05, 0) is 43.2 Å². The molecular weight excluding hydrogens is 443 g/mol. The second-order valence-corrected chi connectivity index (χ2v) is 7.64. The van der Waals surface area contributed by atoms with Gasteiger partial charge in [0.25, 0.3) is 5.91 Å². The van der Waals surface area contributed by atoms with Crippen LogP contribution >= 0.6 is 0 Å². The van der Waals surface area contributed by atoms with Crippen LogP contribution in [0.2, 0.25) is 0 Å². The molecule has 3 heterocycles. The molecule has 1 fully saturated rings. The van der Waals surface area contributed by atoms with E-state index in [1.807, 2.05) is 0 Å². The first-order chi connectivity index (χ1) is 16.6. The fourth-order valence-electron chi connectivity index (χ4n) is 4.12. The van der Waals surface area contributed by atoms with E-state index in [-0.39, 0.29) is 23.4 Å². The van der Waals surface area contributed by atoms with Crippen molar-refractivity contribution in [1.82, 2.24) is 30.0 Å². The van der Waals surface area contributed by atoms with Gasteiger partial charge in [0.2, 0.25) is 11.7 Å². The van der Waals surface area contributed by atoms with Crippen LogP contribution in [0.1, 0.15) is 35.1 Å². The maximum Gasteiger partial charge on any atom is 0.256 e. The zero-order chi connectivity index (χ0) is 23.7. The minimum Gasteiger partial charge on any atom is -0.497 e. The van der Waals surface area contributed by atoms with E-state index in [9.17, 15) is 9.18 Å². The second-order valence-electron chi connectivity index (χ2n) is 7.64. The summed E-state index contributed by atoms with van der Waals surface area (Å²) in [6.07, 6.45) is 4.49. The first kappa shape index (κ1) is 21.6. The fraction of sp³-hybridized carbons (Fsp3) is 0.261. The first-order valence-electron chi connectivity index (χ1n) is 10.6. The Morgan fingerprint density at radius 1 is 1.15 bits per heavy atom. The number of para-hydroxylation sites is 1. The number of nitrogens with zero attached hydrogens (tertiary/aromatic N) is 6. The molecule has 1 saturated heterocycles. The van der Waals surface area contributed by atoms with Gasteiger partial charge in [-0.2, -0.15) is 20.0 Å². The quantitative estimate of drug-likeness (QED) is 0.427. The van der Waals surface area contributed by atoms with Crippen LogP contribution in [0.5, 0.6) is 11.5 Å². The van der Waals surface area contributed by atoms with Crippen molar-refractivity contribution in [2.75, 3.05) is 20.8 Å². The molecule has 1 amide bonds. The van der Waals surface area contributed by atoms with E-state index < -0.39 is 11.9 Å². The van der Waals surface area contributed by atoms with E-state index in [1.54, 1.807) is 35.2 Å². The Hall–Kier alpha value is -4.28. The summed E-state index contributed by atoms with van der Waals surface area (Å²) in [5.41, 5.74) is 1.28. The largest absolute Gasteiger partial charge is 0.497 e. The van der Waals surface area contributed by atoms with Crippen molar-refractivity contribution in [3.8, 4) is 28.6 Å². The van der Waals surface area contributed by atoms with E-state index in [0.717, 1.165) is 6.42 Å². The van der Waals surface area contributed by atoms with Gasteiger partial charge in [0, 0.05) is 6.54 Å². The van der Waals surface area contributed by atoms with Gasteiger partial charge in [0.05, 0.1) is 43.4 Å². The molecule has 1 atom stereocenters. The average Bonchev–Trinajstić information content (AvgIpc) is 3.64. The molecule has 0 N–H and O–H groups in total. The van der Waals surface area contributed by atoms with Gasteiger partial charge >= 0.3 is 0 Å². The molecule has 0 saturated carbocycles. The minimum atomic E-state index is -0.526. The second kappa shape index (κ2) is 8.93. The maximum absolute atomic E-state index is 14.1. The Morgan fingerprint density at radius 3 is 2.74 bits per heavy atom. The Labute approximate surface area is 193 Å². The van der Waals surface area contributed by atoms with Gasteiger partial charge in [-0.15, -0.1) is 0 Å². The SMILES string of the molecule is COc1ccc(-n2nccn2)c(C(=O)N2CCCC2c2nc(-c3cccc(F)c3OC)no2)c1. The van der Waals surface area contributed by atoms with Crippen molar-refractivity contribution in [3.05, 3.63) is 66.1 Å². The molecule has 174 valence electrons. The highest BCUT2D eigenvalue weighted by molar-refractivity contribution is 5.98. The molecule has 1 aliphatic heterocycles. The molecule has 11 heteroatoms. The Balaban J connectivity index is 1.48. The lowest BCUT2D eigenvalue weighted by molar-refractivity contribution is 0.0709. The number of ether oxygens (including phenoxy) is 2. The summed E-state index contributed by atoms with van der Waals surface area (Å²) >= 11 is 0. The van der Waals surface area contributed by atoms with Crippen molar-refractivity contribution in [2.45, 2.75) is 18.9 Å². The summed E-state index contributed by atoms with van der Waals surface area (Å²) in [4.78, 5) is 21.2. The van der Waals surface area contributed by atoms with Crippen LogP contribution in [0, 0.1) is 5.82 Å². The highest BCUT2D eigenvalue weighted by Crippen LogP contribution is 2.36. The van der Waals surface area contributed by atoms with Gasteiger partial charge in [0.1, 0.15) is 11.8 Å². The number of hydrogen-bond acceptors (Lipinski definition) is 8. The average molecular weight is 464 g/mol. The van der Waals surface area contributed by atoms with Crippen molar-refractivity contribution >= 4 is 5.91 Å². The molecule has 0 radical (unpaired) electrons. The van der Waals surface area contributed by atoms with E-state index in [2.05, 4.69) is 20.3 Å². The number of carbonyl (C=O) groups excluding carboxylic acids is 1. The molecule has 4 aromatic rings. The van der Waals surface area contributed by atoms with Gasteiger partial charge in [-0.1, -0.05) is 11.2 Å². The zero-order valence-electron chi connectivity index (χ0n) is 18.5. The van der Waals surface area contributed by atoms with Crippen molar-refractivity contribution in [3.63, 3.8) is 0 Å². The predicted octanol–water partition coefficient (Wildman–Crippen LogP) is 3.45. The molecule has 1 unspecified atom stereocenters. The van der Waals surface area contributed by atoms with Crippen LogP contribution in [0.15, 0.2) is 53.3 Å². The number of halogens is 1. The lowest BCUT2D eigenvalue weighted by atomic mass is 10.1. The third-order valence-corrected chi connectivity index (χ3v) is 5.72. The molecule has 10 nitrogen and oxygen atoms in total. The molecule has 34 heavy (non-hydrogen) atoms. The third-order valence-electron chi connectivity index (χ3n) is 5.72. The number of methoxy groups -OCH3 is 2. The van der Waals surface area contributed by atoms with E-state index in [1.165, 1.54) is 37.5 Å². The van der Waals surface area contributed by atoms with E-state index >= 15 is 0 Å². The topological polar surface area (TPSA) is 108 Å². The molecule has 5 rings (SSSR count). The lowest BCUT2D eigenvalue weighted by Crippen LogP contribution is -2.31. The highest BCUT2D eigenvalue weighted by Gasteiger charge is 2.36. The van der Waals surface area contributed by atoms with Gasteiger partial charge in [-0.25, -0.2) is 4.39 Å². The number of hydrogen-bond donors (Lipinski definition) is 0. The molecular formula is C23H21FN6O4. The van der Waals surface area contributed by atoms with Crippen LogP contribution in [-0.2, 0) is 0 Å². The predicted molar refractivity (Wildman–Crippen MR) is 117 cm³/mol. The molecule has 1 aliphatic rings. The molecule has 2 aromatic carbocycles. The van der Waals surface area contributed by atoms with Crippen LogP contribution in [0.4, 0.5) is 4.39 Å². The van der Waals surface area contributed by atoms with Crippen LogP contribution in [0.3, 0.4) is 0 Å². The fourth-order valence-corrected chi connectivity index (χ4v) is 4.12. The van der Waals surface area contributed by atoms with Gasteiger partial charge < -0.3 is 18.9 Å². The minimum absolute atomic E-state index is 0.0296. The summed E-state index contributed by atoms with van der Waals surface area (Å²) in [6.45, 7) is 0.508. The number of carbonyl (C=O) groups is 1. The number of aromatic nitrogens is 5. The normalized spacial score (nSPS) is 15.5. The number of benzene rings is 2. The third kappa shape index (κ3) is 3.74. The molecule has 0 spiro atoms. The Bertz CT molecular complexity index is 1320. The smallest absolute Gasteiger partial charge is 0.256 e. The highest BCUT2D eigenvalue weighted by atomic mass is 19.1. The summed E-state index contributed by atoms with van der Waals surface area (Å²) in [5.74, 6) is 0.260. The summed E-state index contributed by atoms with van der Waals surface area (Å²) in [5, 5.41) is 12.3. The standard InChI is InChI=1S/C23H21FN6O4/c1-32-14-8-9-18(30-25-10-11-26-30)16(13-14)23(31)29-12-4-7-19(29)22-27-21(28-34-22)15-5-3-6-17(24)20(15)33-2/h3,5-6,8-11,13,19H,4,7,12H2,1-2H3. The maximum atomic E-state index is 14.1.